The Morgan fingerprint density at radius 1 is 1.10 bits per heavy atom. The molecule has 1 aromatic carbocycles. The highest BCUT2D eigenvalue weighted by Gasteiger charge is 2.45. The number of benzene rings is 1. The van der Waals surface area contributed by atoms with Gasteiger partial charge in [0.15, 0.2) is 5.82 Å². The molecule has 0 radical (unpaired) electrons. The molecule has 2 aliphatic rings. The summed E-state index contributed by atoms with van der Waals surface area (Å²) in [4.78, 5) is 4.47. The van der Waals surface area contributed by atoms with E-state index < -0.39 is 22.2 Å². The van der Waals surface area contributed by atoms with Crippen LogP contribution in [-0.2, 0) is 22.9 Å². The van der Waals surface area contributed by atoms with Crippen LogP contribution in [0.15, 0.2) is 34.9 Å². The van der Waals surface area contributed by atoms with Crippen LogP contribution in [0.2, 0.25) is 0 Å². The van der Waals surface area contributed by atoms with Crippen molar-refractivity contribution in [3.8, 4) is 0 Å². The first-order valence-electron chi connectivity index (χ1n) is 10.6. The minimum atomic E-state index is -3.49. The minimum Gasteiger partial charge on any atom is -0.392 e. The third kappa shape index (κ3) is 4.70. The summed E-state index contributed by atoms with van der Waals surface area (Å²) in [7, 11) is -3.49. The number of nitrogens with zero attached hydrogens (tertiary/aromatic N) is 3. The van der Waals surface area contributed by atoms with Crippen molar-refractivity contribution < 1.29 is 18.0 Å². The molecule has 1 aliphatic heterocycles. The quantitative estimate of drug-likeness (QED) is 0.741. The molecule has 4 rings (SSSR count). The predicted molar refractivity (Wildman–Crippen MR) is 109 cm³/mol. The number of sulfonamides is 1. The SMILES string of the molecule is O=S(=O)(C1CCCCC1)N1C[C@H](O)C[C@H]1c1nc(CCCc2ccccc2)no1. The third-order valence-electron chi connectivity index (χ3n) is 6.01. The van der Waals surface area contributed by atoms with Crippen molar-refractivity contribution in [2.45, 2.75) is 75.2 Å². The lowest BCUT2D eigenvalue weighted by atomic mass is 10.0. The number of aromatic nitrogens is 2. The highest BCUT2D eigenvalue weighted by atomic mass is 32.2. The minimum absolute atomic E-state index is 0.106. The Labute approximate surface area is 172 Å². The van der Waals surface area contributed by atoms with Crippen molar-refractivity contribution in [1.82, 2.24) is 14.4 Å². The number of aliphatic hydroxyl groups is 1. The molecular weight excluding hydrogens is 390 g/mol. The molecular formula is C21H29N3O4S. The zero-order valence-corrected chi connectivity index (χ0v) is 17.4. The van der Waals surface area contributed by atoms with E-state index in [-0.39, 0.29) is 11.8 Å². The number of aryl methyl sites for hydroxylation is 2. The van der Waals surface area contributed by atoms with Gasteiger partial charge in [0.25, 0.3) is 0 Å². The number of β-amino-alcohol motifs (C(OH)–C–C–N with tert-alkyl or cyclic N) is 1. The zero-order valence-electron chi connectivity index (χ0n) is 16.6. The second-order valence-corrected chi connectivity index (χ2v) is 10.3. The van der Waals surface area contributed by atoms with E-state index in [9.17, 15) is 13.5 Å². The van der Waals surface area contributed by atoms with E-state index in [2.05, 4.69) is 22.3 Å². The molecule has 0 bridgehead atoms. The van der Waals surface area contributed by atoms with Crippen molar-refractivity contribution in [3.05, 3.63) is 47.6 Å². The van der Waals surface area contributed by atoms with Crippen LogP contribution in [0.1, 0.15) is 68.3 Å². The Morgan fingerprint density at radius 3 is 2.62 bits per heavy atom. The van der Waals surface area contributed by atoms with Crippen LogP contribution in [0, 0.1) is 0 Å². The molecule has 7 nitrogen and oxygen atoms in total. The molecule has 2 fully saturated rings. The summed E-state index contributed by atoms with van der Waals surface area (Å²) in [5.41, 5.74) is 1.26. The monoisotopic (exact) mass is 419 g/mol. The fourth-order valence-electron chi connectivity index (χ4n) is 4.44. The molecule has 1 saturated heterocycles. The average molecular weight is 420 g/mol. The summed E-state index contributed by atoms with van der Waals surface area (Å²) < 4.78 is 33.2. The first kappa shape index (κ1) is 20.5. The highest BCUT2D eigenvalue weighted by molar-refractivity contribution is 7.89. The molecule has 0 unspecified atom stereocenters. The van der Waals surface area contributed by atoms with Gasteiger partial charge in [-0.1, -0.05) is 54.8 Å². The average Bonchev–Trinajstić information content (AvgIpc) is 3.36. The van der Waals surface area contributed by atoms with E-state index in [1.165, 1.54) is 9.87 Å². The van der Waals surface area contributed by atoms with Crippen molar-refractivity contribution >= 4 is 10.0 Å². The molecule has 158 valence electrons. The molecule has 0 spiro atoms. The molecule has 29 heavy (non-hydrogen) atoms. The van der Waals surface area contributed by atoms with Crippen LogP contribution in [0.5, 0.6) is 0 Å². The molecule has 1 N–H and O–H groups in total. The number of aliphatic hydroxyl groups excluding tert-OH is 1. The van der Waals surface area contributed by atoms with Gasteiger partial charge in [-0.3, -0.25) is 0 Å². The van der Waals surface area contributed by atoms with Gasteiger partial charge >= 0.3 is 0 Å². The van der Waals surface area contributed by atoms with Crippen LogP contribution >= 0.6 is 0 Å². The van der Waals surface area contributed by atoms with E-state index in [0.717, 1.165) is 32.1 Å². The van der Waals surface area contributed by atoms with Gasteiger partial charge in [-0.05, 0) is 31.2 Å². The largest absolute Gasteiger partial charge is 0.392 e. The Kier molecular flexibility index (Phi) is 6.32. The predicted octanol–water partition coefficient (Wildman–Crippen LogP) is 3.02. The second-order valence-electron chi connectivity index (χ2n) is 8.17. The molecule has 8 heteroatoms. The van der Waals surface area contributed by atoms with Crippen molar-refractivity contribution in [3.63, 3.8) is 0 Å². The first-order chi connectivity index (χ1) is 14.0. The Balaban J connectivity index is 1.42. The van der Waals surface area contributed by atoms with E-state index in [0.29, 0.717) is 37.4 Å². The smallest absolute Gasteiger partial charge is 0.245 e. The maximum Gasteiger partial charge on any atom is 0.245 e. The Bertz CT molecular complexity index is 894. The fraction of sp³-hybridized carbons (Fsp3) is 0.619. The Hall–Kier alpha value is -1.77. The zero-order chi connectivity index (χ0) is 20.3. The summed E-state index contributed by atoms with van der Waals surface area (Å²) in [6, 6.07) is 9.67. The van der Waals surface area contributed by atoms with E-state index >= 15 is 0 Å². The van der Waals surface area contributed by atoms with E-state index in [1.807, 2.05) is 18.2 Å². The van der Waals surface area contributed by atoms with Crippen LogP contribution in [0.3, 0.4) is 0 Å². The van der Waals surface area contributed by atoms with Crippen LogP contribution in [-0.4, -0.2) is 45.9 Å². The topological polar surface area (TPSA) is 96.5 Å². The van der Waals surface area contributed by atoms with Crippen molar-refractivity contribution in [2.75, 3.05) is 6.54 Å². The van der Waals surface area contributed by atoms with Crippen molar-refractivity contribution in [1.29, 1.82) is 0 Å². The van der Waals surface area contributed by atoms with Crippen LogP contribution in [0.25, 0.3) is 0 Å². The maximum absolute atomic E-state index is 13.2. The summed E-state index contributed by atoms with van der Waals surface area (Å²) in [5, 5.41) is 13.9. The normalized spacial score (nSPS) is 24.2. The fourth-order valence-corrected chi connectivity index (χ4v) is 6.67. The standard InChI is InChI=1S/C21H29N3O4S/c25-17-14-19(24(15-17)29(26,27)18-11-5-2-6-12-18)21-22-20(23-28-21)13-7-10-16-8-3-1-4-9-16/h1,3-4,8-9,17-19,25H,2,5-7,10-15H2/t17-,19+/m1/s1. The van der Waals surface area contributed by atoms with Crippen molar-refractivity contribution in [2.24, 2.45) is 0 Å². The molecule has 1 aromatic heterocycles. The number of rotatable bonds is 7. The molecule has 2 heterocycles. The number of hydrogen-bond donors (Lipinski definition) is 1. The van der Waals surface area contributed by atoms with E-state index in [1.54, 1.807) is 0 Å². The summed E-state index contributed by atoms with van der Waals surface area (Å²) in [6.45, 7) is 0.106. The lowest BCUT2D eigenvalue weighted by Gasteiger charge is -2.29. The molecule has 2 aromatic rings. The van der Waals surface area contributed by atoms with Gasteiger partial charge in [-0.25, -0.2) is 8.42 Å². The van der Waals surface area contributed by atoms with E-state index in [4.69, 9.17) is 4.52 Å². The van der Waals surface area contributed by atoms with Gasteiger partial charge in [0.1, 0.15) is 6.04 Å². The van der Waals surface area contributed by atoms with Crippen LogP contribution in [0.4, 0.5) is 0 Å². The molecule has 1 saturated carbocycles. The summed E-state index contributed by atoms with van der Waals surface area (Å²) >= 11 is 0. The molecule has 1 aliphatic carbocycles. The third-order valence-corrected chi connectivity index (χ3v) is 8.38. The highest BCUT2D eigenvalue weighted by Crippen LogP contribution is 2.37. The molecule has 2 atom stereocenters. The summed E-state index contributed by atoms with van der Waals surface area (Å²) in [6.07, 6.45) is 6.44. The Morgan fingerprint density at radius 2 is 1.86 bits per heavy atom. The van der Waals surface area contributed by atoms with Gasteiger partial charge in [-0.2, -0.15) is 9.29 Å². The molecule has 0 amide bonds. The second kappa shape index (κ2) is 8.93. The van der Waals surface area contributed by atoms with Gasteiger partial charge in [-0.15, -0.1) is 0 Å². The number of hydrogen-bond acceptors (Lipinski definition) is 6. The lowest BCUT2D eigenvalue weighted by molar-refractivity contribution is 0.187. The lowest BCUT2D eigenvalue weighted by Crippen LogP contribution is -2.40. The van der Waals surface area contributed by atoms with Gasteiger partial charge in [0, 0.05) is 19.4 Å². The van der Waals surface area contributed by atoms with Gasteiger partial charge in [0.05, 0.1) is 11.4 Å². The van der Waals surface area contributed by atoms with Gasteiger partial charge < -0.3 is 9.63 Å². The first-order valence-corrected chi connectivity index (χ1v) is 12.1. The van der Waals surface area contributed by atoms with Crippen LogP contribution < -0.4 is 0 Å². The summed E-state index contributed by atoms with van der Waals surface area (Å²) in [5.74, 6) is 0.892. The maximum atomic E-state index is 13.2. The van der Waals surface area contributed by atoms with Gasteiger partial charge in [0.2, 0.25) is 15.9 Å².